The third-order valence-electron chi connectivity index (χ3n) is 1.86. The van der Waals surface area contributed by atoms with Crippen molar-refractivity contribution in [2.75, 3.05) is 13.1 Å². The van der Waals surface area contributed by atoms with Gasteiger partial charge in [0.25, 0.3) is 0 Å². The van der Waals surface area contributed by atoms with Gasteiger partial charge in [-0.25, -0.2) is 4.39 Å². The van der Waals surface area contributed by atoms with E-state index in [2.05, 4.69) is 5.32 Å². The van der Waals surface area contributed by atoms with Gasteiger partial charge in [0.05, 0.1) is 0 Å². The molecule has 0 bridgehead atoms. The van der Waals surface area contributed by atoms with Crippen molar-refractivity contribution in [2.45, 2.75) is 5.92 Å². The lowest BCUT2D eigenvalue weighted by Crippen LogP contribution is -2.40. The molecule has 1 saturated heterocycles. The van der Waals surface area contributed by atoms with Crippen LogP contribution in [0.4, 0.5) is 4.39 Å². The second-order valence-electron chi connectivity index (χ2n) is 2.53. The van der Waals surface area contributed by atoms with Crippen molar-refractivity contribution in [1.29, 1.82) is 0 Å². The summed E-state index contributed by atoms with van der Waals surface area (Å²) in [6.07, 6.45) is 0. The smallest absolute Gasteiger partial charge is 0.137 e. The first-order valence-corrected chi connectivity index (χ1v) is 4.24. The third kappa shape index (κ3) is 0.859. The van der Waals surface area contributed by atoms with Gasteiger partial charge >= 0.3 is 0 Å². The van der Waals surface area contributed by atoms with E-state index in [9.17, 15) is 4.39 Å². The lowest BCUT2D eigenvalue weighted by atomic mass is 9.96. The Morgan fingerprint density at radius 3 is 2.70 bits per heavy atom. The lowest BCUT2D eigenvalue weighted by molar-refractivity contribution is 0.433. The molecule has 10 heavy (non-hydrogen) atoms. The summed E-state index contributed by atoms with van der Waals surface area (Å²) in [6.45, 7) is 1.88. The van der Waals surface area contributed by atoms with Crippen molar-refractivity contribution in [3.05, 3.63) is 22.1 Å². The second kappa shape index (κ2) is 2.32. The Morgan fingerprint density at radius 2 is 2.30 bits per heavy atom. The Hall–Kier alpha value is -0.410. The van der Waals surface area contributed by atoms with Crippen LogP contribution >= 0.6 is 11.3 Å². The SMILES string of the molecule is Fc1cscc1C1CNC1. The lowest BCUT2D eigenvalue weighted by Gasteiger charge is -2.26. The molecule has 0 amide bonds. The molecule has 1 aromatic heterocycles. The molecule has 0 radical (unpaired) electrons. The highest BCUT2D eigenvalue weighted by Gasteiger charge is 2.22. The molecule has 3 heteroatoms. The fourth-order valence-corrected chi connectivity index (χ4v) is 1.87. The monoisotopic (exact) mass is 157 g/mol. The molecular formula is C7H8FNS. The second-order valence-corrected chi connectivity index (χ2v) is 3.27. The van der Waals surface area contributed by atoms with Crippen LogP contribution in [0.2, 0.25) is 0 Å². The Labute approximate surface area is 62.9 Å². The molecular weight excluding hydrogens is 149 g/mol. The molecule has 54 valence electrons. The number of thiophene rings is 1. The average Bonchev–Trinajstić information content (AvgIpc) is 2.12. The molecule has 1 aliphatic heterocycles. The topological polar surface area (TPSA) is 12.0 Å². The zero-order valence-corrected chi connectivity index (χ0v) is 6.25. The number of hydrogen-bond donors (Lipinski definition) is 1. The zero-order chi connectivity index (χ0) is 6.97. The molecule has 1 nitrogen and oxygen atoms in total. The van der Waals surface area contributed by atoms with Gasteiger partial charge in [-0.3, -0.25) is 0 Å². The molecule has 2 rings (SSSR count). The molecule has 0 aliphatic carbocycles. The van der Waals surface area contributed by atoms with Crippen molar-refractivity contribution in [3.63, 3.8) is 0 Å². The van der Waals surface area contributed by atoms with Gasteiger partial charge in [0.1, 0.15) is 5.82 Å². The molecule has 0 saturated carbocycles. The van der Waals surface area contributed by atoms with E-state index in [1.54, 1.807) is 5.38 Å². The summed E-state index contributed by atoms with van der Waals surface area (Å²) in [5.74, 6) is 0.405. The maximum absolute atomic E-state index is 12.8. The van der Waals surface area contributed by atoms with Crippen LogP contribution < -0.4 is 5.32 Å². The third-order valence-corrected chi connectivity index (χ3v) is 2.60. The highest BCUT2D eigenvalue weighted by molar-refractivity contribution is 7.08. The normalized spacial score (nSPS) is 18.9. The Balaban J connectivity index is 2.23. The molecule has 1 aromatic rings. The van der Waals surface area contributed by atoms with Gasteiger partial charge < -0.3 is 5.32 Å². The van der Waals surface area contributed by atoms with E-state index in [0.717, 1.165) is 18.7 Å². The maximum Gasteiger partial charge on any atom is 0.137 e. The first kappa shape index (κ1) is 6.31. The summed E-state index contributed by atoms with van der Waals surface area (Å²) in [4.78, 5) is 0. The first-order chi connectivity index (χ1) is 4.88. The summed E-state index contributed by atoms with van der Waals surface area (Å²) in [6, 6.07) is 0. The molecule has 0 unspecified atom stereocenters. The quantitative estimate of drug-likeness (QED) is 0.652. The van der Waals surface area contributed by atoms with E-state index in [-0.39, 0.29) is 5.82 Å². The zero-order valence-electron chi connectivity index (χ0n) is 5.43. The van der Waals surface area contributed by atoms with Crippen LogP contribution in [0.1, 0.15) is 11.5 Å². The molecule has 0 spiro atoms. The largest absolute Gasteiger partial charge is 0.315 e. The van der Waals surface area contributed by atoms with Crippen LogP contribution in [-0.4, -0.2) is 13.1 Å². The van der Waals surface area contributed by atoms with Crippen molar-refractivity contribution in [1.82, 2.24) is 5.32 Å². The number of rotatable bonds is 1. The maximum atomic E-state index is 12.8. The van der Waals surface area contributed by atoms with Crippen LogP contribution in [0, 0.1) is 5.82 Å². The molecule has 1 fully saturated rings. The van der Waals surface area contributed by atoms with E-state index in [1.807, 2.05) is 5.38 Å². The van der Waals surface area contributed by atoms with E-state index in [1.165, 1.54) is 11.3 Å². The van der Waals surface area contributed by atoms with Gasteiger partial charge in [-0.1, -0.05) is 0 Å². The van der Waals surface area contributed by atoms with Crippen LogP contribution in [0.3, 0.4) is 0 Å². The van der Waals surface area contributed by atoms with Crippen LogP contribution in [-0.2, 0) is 0 Å². The first-order valence-electron chi connectivity index (χ1n) is 3.30. The Morgan fingerprint density at radius 1 is 1.50 bits per heavy atom. The van der Waals surface area contributed by atoms with Gasteiger partial charge in [0, 0.05) is 30.0 Å². The van der Waals surface area contributed by atoms with Gasteiger partial charge in [-0.2, -0.15) is 0 Å². The Kier molecular flexibility index (Phi) is 1.47. The van der Waals surface area contributed by atoms with Gasteiger partial charge in [-0.15, -0.1) is 11.3 Å². The molecule has 1 aliphatic rings. The van der Waals surface area contributed by atoms with E-state index in [4.69, 9.17) is 0 Å². The van der Waals surface area contributed by atoms with E-state index in [0.29, 0.717) is 5.92 Å². The van der Waals surface area contributed by atoms with Crippen LogP contribution in [0.25, 0.3) is 0 Å². The van der Waals surface area contributed by atoms with E-state index >= 15 is 0 Å². The van der Waals surface area contributed by atoms with Gasteiger partial charge in [0.15, 0.2) is 0 Å². The highest BCUT2D eigenvalue weighted by atomic mass is 32.1. The Bertz CT molecular complexity index is 229. The minimum absolute atomic E-state index is 0.0310. The van der Waals surface area contributed by atoms with Crippen molar-refractivity contribution in [2.24, 2.45) is 0 Å². The summed E-state index contributed by atoms with van der Waals surface area (Å²) >= 11 is 1.44. The molecule has 0 atom stereocenters. The highest BCUT2D eigenvalue weighted by Crippen LogP contribution is 2.25. The van der Waals surface area contributed by atoms with Crippen molar-refractivity contribution < 1.29 is 4.39 Å². The standard InChI is InChI=1S/C7H8FNS/c8-7-4-10-3-6(7)5-1-9-2-5/h3-5,9H,1-2H2. The van der Waals surface area contributed by atoms with E-state index < -0.39 is 0 Å². The summed E-state index contributed by atoms with van der Waals surface area (Å²) in [7, 11) is 0. The number of nitrogens with one attached hydrogen (secondary N) is 1. The summed E-state index contributed by atoms with van der Waals surface area (Å²) in [5.41, 5.74) is 0.892. The number of hydrogen-bond acceptors (Lipinski definition) is 2. The predicted molar refractivity (Wildman–Crippen MR) is 39.9 cm³/mol. The average molecular weight is 157 g/mol. The van der Waals surface area contributed by atoms with Gasteiger partial charge in [-0.05, 0) is 5.38 Å². The minimum atomic E-state index is -0.0310. The minimum Gasteiger partial charge on any atom is -0.315 e. The fourth-order valence-electron chi connectivity index (χ4n) is 1.09. The molecule has 1 N–H and O–H groups in total. The fraction of sp³-hybridized carbons (Fsp3) is 0.429. The molecule has 2 heterocycles. The molecule has 0 aromatic carbocycles. The predicted octanol–water partition coefficient (Wildman–Crippen LogP) is 1.57. The van der Waals surface area contributed by atoms with Gasteiger partial charge in [0.2, 0.25) is 0 Å². The van der Waals surface area contributed by atoms with Crippen LogP contribution in [0.15, 0.2) is 10.8 Å². The van der Waals surface area contributed by atoms with Crippen LogP contribution in [0.5, 0.6) is 0 Å². The van der Waals surface area contributed by atoms with Crippen molar-refractivity contribution in [3.8, 4) is 0 Å². The van der Waals surface area contributed by atoms with Crippen molar-refractivity contribution >= 4 is 11.3 Å². The number of halogens is 1. The summed E-state index contributed by atoms with van der Waals surface area (Å²) < 4.78 is 12.8. The summed E-state index contributed by atoms with van der Waals surface area (Å²) in [5, 5.41) is 6.58.